The van der Waals surface area contributed by atoms with Crippen molar-refractivity contribution in [3.05, 3.63) is 70.0 Å². The monoisotopic (exact) mass is 366 g/mol. The molecule has 0 aliphatic heterocycles. The SMILES string of the molecule is C[C@H](C(=O)NCc1ccccc1F)S(=O)(=O)c1ccc([N+](=O)[O-])cc1. The van der Waals surface area contributed by atoms with Crippen LogP contribution in [0.25, 0.3) is 0 Å². The van der Waals surface area contributed by atoms with Crippen LogP contribution in [0.2, 0.25) is 0 Å². The molecule has 9 heteroatoms. The van der Waals surface area contributed by atoms with Crippen LogP contribution in [0.5, 0.6) is 0 Å². The lowest BCUT2D eigenvalue weighted by Gasteiger charge is -2.13. The number of halogens is 1. The summed E-state index contributed by atoms with van der Waals surface area (Å²) >= 11 is 0. The summed E-state index contributed by atoms with van der Waals surface area (Å²) in [4.78, 5) is 21.9. The Morgan fingerprint density at radius 3 is 2.36 bits per heavy atom. The van der Waals surface area contributed by atoms with Gasteiger partial charge in [0, 0.05) is 24.2 Å². The van der Waals surface area contributed by atoms with Crippen molar-refractivity contribution in [2.45, 2.75) is 23.6 Å². The van der Waals surface area contributed by atoms with Gasteiger partial charge in [0.05, 0.1) is 9.82 Å². The van der Waals surface area contributed by atoms with E-state index in [1.807, 2.05) is 0 Å². The van der Waals surface area contributed by atoms with Crippen LogP contribution in [0.4, 0.5) is 10.1 Å². The van der Waals surface area contributed by atoms with Crippen LogP contribution in [0.15, 0.2) is 53.4 Å². The third-order valence-corrected chi connectivity index (χ3v) is 5.70. The smallest absolute Gasteiger partial charge is 0.269 e. The molecule has 1 atom stereocenters. The number of sulfone groups is 1. The molecule has 2 aromatic carbocycles. The summed E-state index contributed by atoms with van der Waals surface area (Å²) in [6, 6.07) is 10.1. The fourth-order valence-corrected chi connectivity index (χ4v) is 3.36. The van der Waals surface area contributed by atoms with Gasteiger partial charge in [-0.2, -0.15) is 0 Å². The quantitative estimate of drug-likeness (QED) is 0.623. The summed E-state index contributed by atoms with van der Waals surface area (Å²) in [7, 11) is -4.02. The van der Waals surface area contributed by atoms with E-state index in [1.54, 1.807) is 6.07 Å². The molecule has 0 saturated carbocycles. The Morgan fingerprint density at radius 1 is 1.20 bits per heavy atom. The van der Waals surface area contributed by atoms with Gasteiger partial charge >= 0.3 is 0 Å². The Bertz CT molecular complexity index is 897. The average Bonchev–Trinajstić information content (AvgIpc) is 2.60. The Morgan fingerprint density at radius 2 is 1.80 bits per heavy atom. The second-order valence-electron chi connectivity index (χ2n) is 5.25. The summed E-state index contributed by atoms with van der Waals surface area (Å²) in [5.74, 6) is -1.30. The van der Waals surface area contributed by atoms with E-state index in [0.29, 0.717) is 0 Å². The molecule has 0 saturated heterocycles. The van der Waals surface area contributed by atoms with Gasteiger partial charge in [0.2, 0.25) is 5.91 Å². The van der Waals surface area contributed by atoms with Crippen molar-refractivity contribution in [1.29, 1.82) is 0 Å². The minimum Gasteiger partial charge on any atom is -0.351 e. The van der Waals surface area contributed by atoms with Crippen molar-refractivity contribution in [3.63, 3.8) is 0 Å². The number of rotatable bonds is 6. The maximum absolute atomic E-state index is 13.5. The largest absolute Gasteiger partial charge is 0.351 e. The predicted molar refractivity (Wildman–Crippen MR) is 88.0 cm³/mol. The number of hydrogen-bond acceptors (Lipinski definition) is 5. The first-order valence-electron chi connectivity index (χ1n) is 7.23. The molecule has 2 aromatic rings. The molecule has 0 heterocycles. The first-order chi connectivity index (χ1) is 11.7. The van der Waals surface area contributed by atoms with Crippen molar-refractivity contribution in [2.75, 3.05) is 0 Å². The fraction of sp³-hybridized carbons (Fsp3) is 0.188. The first-order valence-corrected chi connectivity index (χ1v) is 8.77. The van der Waals surface area contributed by atoms with Gasteiger partial charge in [-0.05, 0) is 25.1 Å². The minimum absolute atomic E-state index is 0.147. The number of amides is 1. The van der Waals surface area contributed by atoms with Gasteiger partial charge < -0.3 is 5.32 Å². The minimum atomic E-state index is -4.02. The summed E-state index contributed by atoms with van der Waals surface area (Å²) in [5.41, 5.74) is -0.0219. The molecule has 0 radical (unpaired) electrons. The van der Waals surface area contributed by atoms with Gasteiger partial charge in [-0.15, -0.1) is 0 Å². The van der Waals surface area contributed by atoms with Gasteiger partial charge in [0.25, 0.3) is 5.69 Å². The second-order valence-corrected chi connectivity index (χ2v) is 7.52. The van der Waals surface area contributed by atoms with E-state index in [9.17, 15) is 27.7 Å². The van der Waals surface area contributed by atoms with Crippen molar-refractivity contribution in [1.82, 2.24) is 5.32 Å². The Kier molecular flexibility index (Phi) is 5.48. The third-order valence-electron chi connectivity index (χ3n) is 3.62. The van der Waals surface area contributed by atoms with Crippen LogP contribution < -0.4 is 5.32 Å². The van der Waals surface area contributed by atoms with Gasteiger partial charge in [0.1, 0.15) is 11.1 Å². The van der Waals surface area contributed by atoms with E-state index in [4.69, 9.17) is 0 Å². The van der Waals surface area contributed by atoms with Crippen LogP contribution in [0.1, 0.15) is 12.5 Å². The van der Waals surface area contributed by atoms with Gasteiger partial charge in [0.15, 0.2) is 9.84 Å². The van der Waals surface area contributed by atoms with Crippen molar-refractivity contribution in [3.8, 4) is 0 Å². The lowest BCUT2D eigenvalue weighted by atomic mass is 10.2. The van der Waals surface area contributed by atoms with Crippen LogP contribution in [-0.4, -0.2) is 24.5 Å². The lowest BCUT2D eigenvalue weighted by Crippen LogP contribution is -2.37. The van der Waals surface area contributed by atoms with Crippen LogP contribution in [-0.2, 0) is 21.2 Å². The van der Waals surface area contributed by atoms with E-state index in [0.717, 1.165) is 24.3 Å². The molecular formula is C16H15FN2O5S. The van der Waals surface area contributed by atoms with E-state index >= 15 is 0 Å². The van der Waals surface area contributed by atoms with Crippen LogP contribution >= 0.6 is 0 Å². The molecule has 7 nitrogen and oxygen atoms in total. The number of nitrogens with zero attached hydrogens (tertiary/aromatic N) is 1. The van der Waals surface area contributed by atoms with Crippen LogP contribution in [0.3, 0.4) is 0 Å². The Hall–Kier alpha value is -2.81. The molecule has 25 heavy (non-hydrogen) atoms. The number of benzene rings is 2. The molecule has 0 bridgehead atoms. The zero-order chi connectivity index (χ0) is 18.6. The highest BCUT2D eigenvalue weighted by molar-refractivity contribution is 7.92. The standard InChI is InChI=1S/C16H15FN2O5S/c1-11(16(20)18-10-12-4-2-3-5-15(12)17)25(23,24)14-8-6-13(7-9-14)19(21)22/h2-9,11H,10H2,1H3,(H,18,20)/t11-/m1/s1. The molecule has 0 aliphatic carbocycles. The number of carbonyl (C=O) groups excluding carboxylic acids is 1. The van der Waals surface area contributed by atoms with Crippen molar-refractivity contribution in [2.24, 2.45) is 0 Å². The number of nitro benzene ring substituents is 1. The molecule has 2 rings (SSSR count). The lowest BCUT2D eigenvalue weighted by molar-refractivity contribution is -0.384. The molecule has 0 fully saturated rings. The first kappa shape index (κ1) is 18.5. The molecule has 0 unspecified atom stereocenters. The molecule has 0 aliphatic rings. The highest BCUT2D eigenvalue weighted by Crippen LogP contribution is 2.20. The normalized spacial score (nSPS) is 12.4. The highest BCUT2D eigenvalue weighted by atomic mass is 32.2. The summed E-state index contributed by atoms with van der Waals surface area (Å²) in [5, 5.41) is 11.6. The second kappa shape index (κ2) is 7.39. The maximum atomic E-state index is 13.5. The number of nitrogens with one attached hydrogen (secondary N) is 1. The zero-order valence-corrected chi connectivity index (χ0v) is 14.0. The summed E-state index contributed by atoms with van der Waals surface area (Å²) in [6.45, 7) is 1.05. The third kappa shape index (κ3) is 4.18. The predicted octanol–water partition coefficient (Wildman–Crippen LogP) is 2.21. The molecular weight excluding hydrogens is 351 g/mol. The van der Waals surface area contributed by atoms with E-state index in [2.05, 4.69) is 5.32 Å². The zero-order valence-electron chi connectivity index (χ0n) is 13.2. The topological polar surface area (TPSA) is 106 Å². The maximum Gasteiger partial charge on any atom is 0.269 e. The van der Waals surface area contributed by atoms with Crippen molar-refractivity contribution >= 4 is 21.4 Å². The van der Waals surface area contributed by atoms with Crippen molar-refractivity contribution < 1.29 is 22.5 Å². The summed E-state index contributed by atoms with van der Waals surface area (Å²) in [6.07, 6.45) is 0. The average molecular weight is 366 g/mol. The molecule has 132 valence electrons. The summed E-state index contributed by atoms with van der Waals surface area (Å²) < 4.78 is 38.4. The molecule has 1 N–H and O–H groups in total. The number of non-ortho nitro benzene ring substituents is 1. The van der Waals surface area contributed by atoms with Gasteiger partial charge in [-0.25, -0.2) is 12.8 Å². The Labute approximate surface area is 143 Å². The fourth-order valence-electron chi connectivity index (χ4n) is 2.07. The number of nitro groups is 1. The van der Waals surface area contributed by atoms with Crippen LogP contribution in [0, 0.1) is 15.9 Å². The van der Waals surface area contributed by atoms with Gasteiger partial charge in [-0.3, -0.25) is 14.9 Å². The van der Waals surface area contributed by atoms with E-state index < -0.39 is 31.7 Å². The molecule has 0 aromatic heterocycles. The Balaban J connectivity index is 2.11. The van der Waals surface area contributed by atoms with Gasteiger partial charge in [-0.1, -0.05) is 18.2 Å². The molecule has 1 amide bonds. The highest BCUT2D eigenvalue weighted by Gasteiger charge is 2.30. The van der Waals surface area contributed by atoms with E-state index in [1.165, 1.54) is 25.1 Å². The molecule has 0 spiro atoms. The number of hydrogen-bond donors (Lipinski definition) is 1. The number of carbonyl (C=O) groups is 1. The van der Waals surface area contributed by atoms with E-state index in [-0.39, 0.29) is 22.7 Å².